The average molecular weight is 643 g/mol. The Hall–Kier alpha value is -3.77. The maximum Gasteiger partial charge on any atom is 0.305 e. The molecule has 13 heteroatoms. The highest BCUT2D eigenvalue weighted by atomic mass is 35.5. The lowest BCUT2D eigenvalue weighted by molar-refractivity contribution is -0.122. The number of H-pyrrole nitrogens is 1. The highest BCUT2D eigenvalue weighted by molar-refractivity contribution is 8.00. The Morgan fingerprint density at radius 1 is 0.976 bits per heavy atom. The van der Waals surface area contributed by atoms with Gasteiger partial charge in [-0.1, -0.05) is 46.3 Å². The van der Waals surface area contributed by atoms with Crippen LogP contribution in [0.5, 0.6) is 11.5 Å². The van der Waals surface area contributed by atoms with E-state index in [9.17, 15) is 19.2 Å². The minimum absolute atomic E-state index is 0.303. The van der Waals surface area contributed by atoms with Crippen molar-refractivity contribution in [2.45, 2.75) is 16.2 Å². The molecule has 2 aliphatic heterocycles. The molecule has 0 saturated carbocycles. The van der Waals surface area contributed by atoms with Gasteiger partial charge in [-0.05, 0) is 66.7 Å². The largest absolute Gasteiger partial charge is 0.497 e. The summed E-state index contributed by atoms with van der Waals surface area (Å²) < 4.78 is 11.1. The predicted molar refractivity (Wildman–Crippen MR) is 162 cm³/mol. The van der Waals surface area contributed by atoms with Gasteiger partial charge >= 0.3 is 4.87 Å². The van der Waals surface area contributed by atoms with Crippen LogP contribution in [0.2, 0.25) is 10.0 Å². The van der Waals surface area contributed by atoms with Crippen LogP contribution in [0.3, 0.4) is 0 Å². The molecule has 0 bridgehead atoms. The summed E-state index contributed by atoms with van der Waals surface area (Å²) >= 11 is 14.6. The molecule has 3 aromatic carbocycles. The first kappa shape index (κ1) is 28.4. The lowest BCUT2D eigenvalue weighted by atomic mass is 9.82. The molecule has 0 spiro atoms. The van der Waals surface area contributed by atoms with Crippen molar-refractivity contribution in [3.05, 3.63) is 96.9 Å². The number of hydrogen-bond donors (Lipinski definition) is 2. The molecule has 4 aromatic rings. The van der Waals surface area contributed by atoms with Gasteiger partial charge in [0.25, 0.3) is 5.91 Å². The zero-order valence-electron chi connectivity index (χ0n) is 21.8. The number of anilines is 2. The van der Waals surface area contributed by atoms with Crippen molar-refractivity contribution >= 4 is 75.4 Å². The number of ether oxygens (including phenoxy) is 2. The second-order valence-electron chi connectivity index (χ2n) is 9.49. The van der Waals surface area contributed by atoms with Crippen LogP contribution >= 0.6 is 46.3 Å². The van der Waals surface area contributed by atoms with E-state index in [0.29, 0.717) is 48.4 Å². The summed E-state index contributed by atoms with van der Waals surface area (Å²) in [6.45, 7) is -0.337. The molecule has 9 nitrogen and oxygen atoms in total. The molecule has 6 rings (SSSR count). The second kappa shape index (κ2) is 11.5. The first-order valence-corrected chi connectivity index (χ1v) is 15.1. The van der Waals surface area contributed by atoms with Crippen molar-refractivity contribution in [1.82, 2.24) is 4.98 Å². The van der Waals surface area contributed by atoms with Gasteiger partial charge in [0.15, 0.2) is 6.61 Å². The molecule has 3 atom stereocenters. The van der Waals surface area contributed by atoms with Crippen LogP contribution in [0.1, 0.15) is 16.4 Å². The number of hydrogen-bond acceptors (Lipinski definition) is 8. The van der Waals surface area contributed by atoms with Gasteiger partial charge in [-0.2, -0.15) is 0 Å². The molecule has 1 saturated heterocycles. The second-order valence-corrected chi connectivity index (χ2v) is 12.5. The summed E-state index contributed by atoms with van der Waals surface area (Å²) in [5.41, 5.74) is 1.45. The molecular weight excluding hydrogens is 621 g/mol. The Labute approximate surface area is 257 Å². The summed E-state index contributed by atoms with van der Waals surface area (Å²) in [7, 11) is 1.55. The van der Waals surface area contributed by atoms with Crippen LogP contribution in [0, 0.1) is 5.92 Å². The Bertz CT molecular complexity index is 1760. The fourth-order valence-corrected chi connectivity index (χ4v) is 7.92. The van der Waals surface area contributed by atoms with Crippen molar-refractivity contribution in [2.75, 3.05) is 23.9 Å². The van der Waals surface area contributed by atoms with Gasteiger partial charge in [0.1, 0.15) is 16.7 Å². The highest BCUT2D eigenvalue weighted by Crippen LogP contribution is 2.54. The number of imide groups is 1. The van der Waals surface area contributed by atoms with Gasteiger partial charge in [-0.3, -0.25) is 19.2 Å². The standard InChI is InChI=1S/C29H21Cl2N3O6S2/c1-39-18-9-5-16(6-10-18)32-21(35)13-40-20-11-4-15(31)12-19(20)22-23-25(41-26-24(22)42-29(38)33-26)28(37)34(27(23)36)17-7-2-14(30)3-8-17/h2-12,22-23,25H,13H2,1H3,(H,32,35)(H,33,38)/t22-,23?,25?/m1/s1. The molecule has 2 N–H and O–H groups in total. The van der Waals surface area contributed by atoms with Crippen molar-refractivity contribution < 1.29 is 23.9 Å². The summed E-state index contributed by atoms with van der Waals surface area (Å²) in [5, 5.41) is 3.31. The first-order chi connectivity index (χ1) is 20.2. The fraction of sp³-hybridized carbons (Fsp3) is 0.172. The average Bonchev–Trinajstić information content (AvgIpc) is 3.47. The molecule has 42 heavy (non-hydrogen) atoms. The lowest BCUT2D eigenvalue weighted by Crippen LogP contribution is -2.32. The smallest absolute Gasteiger partial charge is 0.305 e. The first-order valence-electron chi connectivity index (χ1n) is 12.6. The van der Waals surface area contributed by atoms with E-state index in [0.717, 1.165) is 28.0 Å². The highest BCUT2D eigenvalue weighted by Gasteiger charge is 2.56. The number of aromatic amines is 1. The van der Waals surface area contributed by atoms with Gasteiger partial charge in [-0.15, -0.1) is 0 Å². The Kier molecular flexibility index (Phi) is 7.75. The molecule has 214 valence electrons. The number of methoxy groups -OCH3 is 1. The predicted octanol–water partition coefficient (Wildman–Crippen LogP) is 5.57. The van der Waals surface area contributed by atoms with Gasteiger partial charge in [0.05, 0.1) is 23.7 Å². The number of rotatable bonds is 7. The minimum Gasteiger partial charge on any atom is -0.497 e. The zero-order valence-corrected chi connectivity index (χ0v) is 24.9. The number of carbonyl (C=O) groups excluding carboxylic acids is 3. The fourth-order valence-electron chi connectivity index (χ4n) is 5.11. The van der Waals surface area contributed by atoms with E-state index in [1.54, 1.807) is 73.8 Å². The number of nitrogens with zero attached hydrogens (tertiary/aromatic N) is 1. The quantitative estimate of drug-likeness (QED) is 0.254. The molecule has 1 aromatic heterocycles. The molecule has 3 amide bonds. The van der Waals surface area contributed by atoms with E-state index in [2.05, 4.69) is 10.3 Å². The van der Waals surface area contributed by atoms with E-state index < -0.39 is 34.8 Å². The van der Waals surface area contributed by atoms with E-state index in [4.69, 9.17) is 32.7 Å². The maximum absolute atomic E-state index is 14.0. The van der Waals surface area contributed by atoms with Gasteiger partial charge in [0, 0.05) is 32.1 Å². The van der Waals surface area contributed by atoms with Crippen LogP contribution in [-0.2, 0) is 14.4 Å². The molecule has 2 unspecified atom stereocenters. The molecule has 3 heterocycles. The third-order valence-corrected chi connectivity index (χ3v) is 9.84. The number of aromatic nitrogens is 1. The van der Waals surface area contributed by atoms with Crippen LogP contribution in [0.25, 0.3) is 0 Å². The SMILES string of the molecule is COc1ccc(NC(=O)COc2ccc(Cl)cc2[C@H]2c3sc(=O)[nH]c3SC3C(=O)N(c4ccc(Cl)cc4)C(=O)C32)cc1. The van der Waals surface area contributed by atoms with Crippen molar-refractivity contribution in [3.8, 4) is 11.5 Å². The number of amides is 3. The molecular formula is C29H21Cl2N3O6S2. The molecule has 0 aliphatic carbocycles. The van der Waals surface area contributed by atoms with E-state index in [1.807, 2.05) is 0 Å². The number of halogens is 2. The van der Waals surface area contributed by atoms with Crippen molar-refractivity contribution in [2.24, 2.45) is 5.92 Å². The van der Waals surface area contributed by atoms with E-state index in [1.165, 1.54) is 0 Å². The topological polar surface area (TPSA) is 118 Å². The Morgan fingerprint density at radius 2 is 1.69 bits per heavy atom. The van der Waals surface area contributed by atoms with Crippen molar-refractivity contribution in [3.63, 3.8) is 0 Å². The van der Waals surface area contributed by atoms with Gasteiger partial charge in [-0.25, -0.2) is 4.90 Å². The number of nitrogens with one attached hydrogen (secondary N) is 2. The Balaban J connectivity index is 1.34. The van der Waals surface area contributed by atoms with Gasteiger partial charge < -0.3 is 19.8 Å². The van der Waals surface area contributed by atoms with E-state index in [-0.39, 0.29) is 11.5 Å². The normalized spacial score (nSPS) is 19.3. The van der Waals surface area contributed by atoms with Crippen LogP contribution in [0.4, 0.5) is 11.4 Å². The number of fused-ring (bicyclic) bond motifs is 2. The molecule has 2 aliphatic rings. The third-order valence-electron chi connectivity index (χ3n) is 6.95. The third kappa shape index (κ3) is 5.29. The maximum atomic E-state index is 14.0. The summed E-state index contributed by atoms with van der Waals surface area (Å²) in [5.74, 6) is -1.86. The zero-order chi connectivity index (χ0) is 29.5. The summed E-state index contributed by atoms with van der Waals surface area (Å²) in [6, 6.07) is 18.2. The van der Waals surface area contributed by atoms with Crippen molar-refractivity contribution in [1.29, 1.82) is 0 Å². The number of carbonyl (C=O) groups is 3. The van der Waals surface area contributed by atoms with Crippen LogP contribution < -0.4 is 24.6 Å². The molecule has 1 fully saturated rings. The summed E-state index contributed by atoms with van der Waals surface area (Å²) in [6.07, 6.45) is 0. The monoisotopic (exact) mass is 641 g/mol. The Morgan fingerprint density at radius 3 is 2.40 bits per heavy atom. The molecule has 0 radical (unpaired) electrons. The number of benzene rings is 3. The van der Waals surface area contributed by atoms with E-state index >= 15 is 0 Å². The number of thioether (sulfide) groups is 1. The number of thiazole rings is 1. The van der Waals surface area contributed by atoms with Gasteiger partial charge in [0.2, 0.25) is 11.8 Å². The minimum atomic E-state index is -0.855. The lowest BCUT2D eigenvalue weighted by Gasteiger charge is -2.31. The van der Waals surface area contributed by atoms with Crippen LogP contribution in [0.15, 0.2) is 76.6 Å². The summed E-state index contributed by atoms with van der Waals surface area (Å²) in [4.78, 5) is 57.1. The van der Waals surface area contributed by atoms with Crippen LogP contribution in [-0.4, -0.2) is 41.7 Å².